The van der Waals surface area contributed by atoms with Crippen molar-refractivity contribution in [3.63, 3.8) is 0 Å². The van der Waals surface area contributed by atoms with E-state index in [4.69, 9.17) is 4.74 Å². The maximum Gasteiger partial charge on any atom is 0.253 e. The first-order valence-corrected chi connectivity index (χ1v) is 9.93. The van der Waals surface area contributed by atoms with Gasteiger partial charge in [-0.15, -0.1) is 23.7 Å². The molecule has 2 aliphatic rings. The van der Waals surface area contributed by atoms with E-state index in [9.17, 15) is 4.79 Å². The number of carbonyl (C=O) groups is 1. The van der Waals surface area contributed by atoms with Crippen molar-refractivity contribution in [3.05, 3.63) is 52.2 Å². The van der Waals surface area contributed by atoms with Crippen molar-refractivity contribution < 1.29 is 9.53 Å². The Kier molecular flexibility index (Phi) is 6.57. The standard InChI is InChI=1S/C20H24N2O2S.ClH/c23-20(22-8-6-16-12-21-13-17(16)7-9-22)15-3-1-4-18(11-15)24-14-19-5-2-10-25-19;/h1-5,10-11,16-17,21H,6-9,12-14H2;1H/t16-,17+;. The molecule has 1 aromatic carbocycles. The van der Waals surface area contributed by atoms with Gasteiger partial charge in [0.2, 0.25) is 0 Å². The average molecular weight is 393 g/mol. The number of rotatable bonds is 4. The van der Waals surface area contributed by atoms with Crippen molar-refractivity contribution in [3.8, 4) is 5.75 Å². The highest BCUT2D eigenvalue weighted by Crippen LogP contribution is 2.28. The predicted molar refractivity (Wildman–Crippen MR) is 107 cm³/mol. The number of ether oxygens (including phenoxy) is 1. The van der Waals surface area contributed by atoms with Crippen LogP contribution < -0.4 is 10.1 Å². The summed E-state index contributed by atoms with van der Waals surface area (Å²) in [6, 6.07) is 11.7. The molecule has 2 atom stereocenters. The van der Waals surface area contributed by atoms with Crippen LogP contribution in [0.1, 0.15) is 28.1 Å². The van der Waals surface area contributed by atoms with Gasteiger partial charge in [-0.05, 0) is 67.4 Å². The molecule has 2 aromatic rings. The van der Waals surface area contributed by atoms with Crippen molar-refractivity contribution in [2.75, 3.05) is 26.2 Å². The Hall–Kier alpha value is -1.56. The molecular formula is C20H25ClN2O2S. The molecule has 2 fully saturated rings. The summed E-state index contributed by atoms with van der Waals surface area (Å²) in [6.07, 6.45) is 2.22. The summed E-state index contributed by atoms with van der Waals surface area (Å²) in [4.78, 5) is 16.1. The van der Waals surface area contributed by atoms with Crippen LogP contribution in [-0.2, 0) is 6.61 Å². The van der Waals surface area contributed by atoms with Crippen LogP contribution in [0.2, 0.25) is 0 Å². The number of likely N-dealkylation sites (tertiary alicyclic amines) is 1. The number of hydrogen-bond acceptors (Lipinski definition) is 4. The lowest BCUT2D eigenvalue weighted by molar-refractivity contribution is 0.0758. The molecule has 6 heteroatoms. The van der Waals surface area contributed by atoms with Gasteiger partial charge in [0.05, 0.1) is 0 Å². The van der Waals surface area contributed by atoms with Gasteiger partial charge in [-0.3, -0.25) is 4.79 Å². The van der Waals surface area contributed by atoms with Crippen LogP contribution in [0.15, 0.2) is 41.8 Å². The van der Waals surface area contributed by atoms with E-state index in [0.29, 0.717) is 6.61 Å². The molecule has 0 radical (unpaired) electrons. The van der Waals surface area contributed by atoms with Crippen LogP contribution in [-0.4, -0.2) is 37.0 Å². The van der Waals surface area contributed by atoms with Gasteiger partial charge in [0.1, 0.15) is 12.4 Å². The Labute approximate surface area is 165 Å². The van der Waals surface area contributed by atoms with E-state index in [-0.39, 0.29) is 18.3 Å². The molecule has 4 nitrogen and oxygen atoms in total. The summed E-state index contributed by atoms with van der Waals surface area (Å²) in [5.74, 6) is 2.36. The second kappa shape index (κ2) is 8.89. The SMILES string of the molecule is Cl.O=C(c1cccc(OCc2cccs2)c1)N1CC[C@@H]2CNC[C@@H]2CC1. The van der Waals surface area contributed by atoms with Crippen molar-refractivity contribution >= 4 is 29.7 Å². The minimum absolute atomic E-state index is 0. The first-order chi connectivity index (χ1) is 12.3. The molecule has 0 aliphatic carbocycles. The number of nitrogens with zero attached hydrogens (tertiary/aromatic N) is 1. The first kappa shape index (κ1) is 19.2. The molecule has 0 spiro atoms. The Morgan fingerprint density at radius 3 is 2.62 bits per heavy atom. The van der Waals surface area contributed by atoms with E-state index in [1.165, 1.54) is 4.88 Å². The Morgan fingerprint density at radius 1 is 1.15 bits per heavy atom. The summed E-state index contributed by atoms with van der Waals surface area (Å²) < 4.78 is 5.85. The van der Waals surface area contributed by atoms with Gasteiger partial charge < -0.3 is 15.0 Å². The van der Waals surface area contributed by atoms with E-state index in [0.717, 1.165) is 62.2 Å². The minimum Gasteiger partial charge on any atom is -0.488 e. The number of carbonyl (C=O) groups excluding carboxylic acids is 1. The molecule has 2 aliphatic heterocycles. The molecule has 0 unspecified atom stereocenters. The number of thiophene rings is 1. The zero-order chi connectivity index (χ0) is 17.1. The van der Waals surface area contributed by atoms with Crippen molar-refractivity contribution in [2.45, 2.75) is 19.4 Å². The molecule has 2 saturated heterocycles. The number of benzene rings is 1. The summed E-state index contributed by atoms with van der Waals surface area (Å²) >= 11 is 1.68. The molecule has 1 amide bonds. The van der Waals surface area contributed by atoms with E-state index in [1.807, 2.05) is 40.6 Å². The number of fused-ring (bicyclic) bond motifs is 1. The fourth-order valence-corrected chi connectivity index (χ4v) is 4.49. The van der Waals surface area contributed by atoms with E-state index < -0.39 is 0 Å². The smallest absolute Gasteiger partial charge is 0.253 e. The van der Waals surface area contributed by atoms with Crippen molar-refractivity contribution in [1.29, 1.82) is 0 Å². The second-order valence-corrected chi connectivity index (χ2v) is 7.98. The van der Waals surface area contributed by atoms with Gasteiger partial charge in [-0.2, -0.15) is 0 Å². The molecule has 0 saturated carbocycles. The molecule has 0 bridgehead atoms. The number of nitrogens with one attached hydrogen (secondary N) is 1. The first-order valence-electron chi connectivity index (χ1n) is 9.05. The van der Waals surface area contributed by atoms with Gasteiger partial charge in [0, 0.05) is 23.5 Å². The topological polar surface area (TPSA) is 41.6 Å². The third kappa shape index (κ3) is 4.40. The number of amides is 1. The Balaban J connectivity index is 0.00000196. The van der Waals surface area contributed by atoms with Gasteiger partial charge in [-0.1, -0.05) is 12.1 Å². The second-order valence-electron chi connectivity index (χ2n) is 6.94. The van der Waals surface area contributed by atoms with Crippen LogP contribution in [0.4, 0.5) is 0 Å². The van der Waals surface area contributed by atoms with Crippen molar-refractivity contribution in [1.82, 2.24) is 10.2 Å². The highest BCUT2D eigenvalue weighted by atomic mass is 35.5. The van der Waals surface area contributed by atoms with Gasteiger partial charge >= 0.3 is 0 Å². The van der Waals surface area contributed by atoms with Gasteiger partial charge in [-0.25, -0.2) is 0 Å². The minimum atomic E-state index is 0. The van der Waals surface area contributed by atoms with E-state index >= 15 is 0 Å². The van der Waals surface area contributed by atoms with E-state index in [1.54, 1.807) is 11.3 Å². The lowest BCUT2D eigenvalue weighted by Gasteiger charge is -2.21. The Bertz CT molecular complexity index is 708. The van der Waals surface area contributed by atoms with Crippen LogP contribution >= 0.6 is 23.7 Å². The quantitative estimate of drug-likeness (QED) is 0.859. The zero-order valence-corrected chi connectivity index (χ0v) is 16.4. The van der Waals surface area contributed by atoms with Crippen molar-refractivity contribution in [2.24, 2.45) is 11.8 Å². The summed E-state index contributed by atoms with van der Waals surface area (Å²) in [5.41, 5.74) is 0.730. The highest BCUT2D eigenvalue weighted by Gasteiger charge is 2.31. The maximum absolute atomic E-state index is 12.9. The molecule has 26 heavy (non-hydrogen) atoms. The van der Waals surface area contributed by atoms with E-state index in [2.05, 4.69) is 11.4 Å². The monoisotopic (exact) mass is 392 g/mol. The van der Waals surface area contributed by atoms with Gasteiger partial charge in [0.15, 0.2) is 0 Å². The third-order valence-electron chi connectivity index (χ3n) is 5.35. The molecular weight excluding hydrogens is 368 g/mol. The average Bonchev–Trinajstić information content (AvgIpc) is 3.28. The molecule has 140 valence electrons. The summed E-state index contributed by atoms with van der Waals surface area (Å²) in [6.45, 7) is 4.50. The highest BCUT2D eigenvalue weighted by molar-refractivity contribution is 7.09. The molecule has 1 N–H and O–H groups in total. The lowest BCUT2D eigenvalue weighted by atomic mass is 9.92. The third-order valence-corrected chi connectivity index (χ3v) is 6.20. The molecule has 4 rings (SSSR count). The zero-order valence-electron chi connectivity index (χ0n) is 14.7. The maximum atomic E-state index is 12.9. The summed E-state index contributed by atoms with van der Waals surface area (Å²) in [7, 11) is 0. The fourth-order valence-electron chi connectivity index (χ4n) is 3.87. The van der Waals surface area contributed by atoms with Crippen LogP contribution in [0.3, 0.4) is 0 Å². The molecule has 3 heterocycles. The number of halogens is 1. The largest absolute Gasteiger partial charge is 0.488 e. The molecule has 1 aromatic heterocycles. The Morgan fingerprint density at radius 2 is 1.92 bits per heavy atom. The van der Waals surface area contributed by atoms with Crippen LogP contribution in [0, 0.1) is 11.8 Å². The predicted octanol–water partition coefficient (Wildman–Crippen LogP) is 3.82. The fraction of sp³-hybridized carbons (Fsp3) is 0.450. The van der Waals surface area contributed by atoms with Gasteiger partial charge in [0.25, 0.3) is 5.91 Å². The lowest BCUT2D eigenvalue weighted by Crippen LogP contribution is -2.32. The summed E-state index contributed by atoms with van der Waals surface area (Å²) in [5, 5.41) is 5.53. The van der Waals surface area contributed by atoms with Crippen LogP contribution in [0.5, 0.6) is 5.75 Å². The normalized spacial score (nSPS) is 22.2. The number of hydrogen-bond donors (Lipinski definition) is 1. The van der Waals surface area contributed by atoms with Crippen LogP contribution in [0.25, 0.3) is 0 Å².